The number of rotatable bonds is 2. The molecule has 0 saturated carbocycles. The van der Waals surface area contributed by atoms with Crippen LogP contribution in [0.2, 0.25) is 0 Å². The van der Waals surface area contributed by atoms with Gasteiger partial charge in [0.05, 0.1) is 11.7 Å². The van der Waals surface area contributed by atoms with Crippen LogP contribution in [0.25, 0.3) is 0 Å². The van der Waals surface area contributed by atoms with E-state index in [1.807, 2.05) is 31.2 Å². The highest BCUT2D eigenvalue weighted by atomic mass is 16.3. The van der Waals surface area contributed by atoms with E-state index in [-0.39, 0.29) is 0 Å². The molecule has 0 spiro atoms. The van der Waals surface area contributed by atoms with Crippen LogP contribution in [0.1, 0.15) is 31.9 Å². The molecule has 2 N–H and O–H groups in total. The molecule has 0 radical (unpaired) electrons. The fraction of sp³-hybridized carbons (Fsp3) is 0.538. The third-order valence-corrected chi connectivity index (χ3v) is 3.18. The Labute approximate surface area is 96.3 Å². The molecule has 1 aliphatic heterocycles. The van der Waals surface area contributed by atoms with Gasteiger partial charge in [0.2, 0.25) is 0 Å². The van der Waals surface area contributed by atoms with Gasteiger partial charge in [-0.3, -0.25) is 0 Å². The molecule has 2 atom stereocenters. The summed E-state index contributed by atoms with van der Waals surface area (Å²) >= 11 is 0. The van der Waals surface area contributed by atoms with Crippen LogP contribution in [0.15, 0.2) is 24.3 Å². The molecule has 0 aromatic heterocycles. The lowest BCUT2D eigenvalue weighted by molar-refractivity contribution is 0.0839. The minimum absolute atomic E-state index is 0.471. The lowest BCUT2D eigenvalue weighted by atomic mass is 10.1. The number of anilines is 1. The van der Waals surface area contributed by atoms with Gasteiger partial charge in [0.25, 0.3) is 0 Å². The summed E-state index contributed by atoms with van der Waals surface area (Å²) < 4.78 is 0. The Hall–Kier alpha value is -1.06. The summed E-state index contributed by atoms with van der Waals surface area (Å²) in [4.78, 5) is 2.14. The Balaban J connectivity index is 2.28. The molecule has 0 aliphatic carbocycles. The van der Waals surface area contributed by atoms with Gasteiger partial charge in [-0.05, 0) is 26.3 Å². The van der Waals surface area contributed by atoms with Crippen LogP contribution >= 0.6 is 0 Å². The minimum Gasteiger partial charge on any atom is -0.389 e. The van der Waals surface area contributed by atoms with Crippen molar-refractivity contribution in [3.05, 3.63) is 29.8 Å². The van der Waals surface area contributed by atoms with Crippen molar-refractivity contribution in [1.82, 2.24) is 0 Å². The van der Waals surface area contributed by atoms with Crippen molar-refractivity contribution in [2.45, 2.75) is 32.0 Å². The molecular formula is C13H19NO2. The number of para-hydroxylation sites is 1. The van der Waals surface area contributed by atoms with E-state index >= 15 is 0 Å². The molecule has 1 aliphatic rings. The molecule has 3 nitrogen and oxygen atoms in total. The highest BCUT2D eigenvalue weighted by Crippen LogP contribution is 2.31. The van der Waals surface area contributed by atoms with Crippen molar-refractivity contribution in [3.8, 4) is 0 Å². The van der Waals surface area contributed by atoms with E-state index < -0.39 is 11.7 Å². The van der Waals surface area contributed by atoms with E-state index in [1.165, 1.54) is 0 Å². The van der Waals surface area contributed by atoms with Crippen LogP contribution in [-0.2, 0) is 0 Å². The first-order valence-corrected chi connectivity index (χ1v) is 5.74. The van der Waals surface area contributed by atoms with Crippen molar-refractivity contribution in [1.29, 1.82) is 0 Å². The molecule has 3 heteroatoms. The molecule has 0 amide bonds. The van der Waals surface area contributed by atoms with Gasteiger partial charge in [0.1, 0.15) is 0 Å². The van der Waals surface area contributed by atoms with Gasteiger partial charge in [-0.25, -0.2) is 0 Å². The number of nitrogens with zero attached hydrogens (tertiary/aromatic N) is 1. The fourth-order valence-electron chi connectivity index (χ4n) is 2.28. The molecule has 1 aromatic rings. The zero-order chi connectivity index (χ0) is 11.8. The summed E-state index contributed by atoms with van der Waals surface area (Å²) in [6.45, 7) is 5.11. The molecule has 1 fully saturated rings. The third-order valence-electron chi connectivity index (χ3n) is 3.18. The second kappa shape index (κ2) is 4.07. The Bertz CT molecular complexity index is 374. The number of benzene rings is 1. The lowest BCUT2D eigenvalue weighted by Crippen LogP contribution is -2.30. The van der Waals surface area contributed by atoms with Gasteiger partial charge in [0.15, 0.2) is 0 Å². The van der Waals surface area contributed by atoms with Crippen molar-refractivity contribution >= 4 is 5.69 Å². The third kappa shape index (κ3) is 2.20. The Morgan fingerprint density at radius 2 is 2.06 bits per heavy atom. The normalized spacial score (nSPS) is 27.1. The monoisotopic (exact) mass is 221 g/mol. The van der Waals surface area contributed by atoms with Crippen molar-refractivity contribution in [3.63, 3.8) is 0 Å². The first-order valence-electron chi connectivity index (χ1n) is 5.74. The Morgan fingerprint density at radius 1 is 1.38 bits per heavy atom. The summed E-state index contributed by atoms with van der Waals surface area (Å²) in [5.41, 5.74) is 1.36. The van der Waals surface area contributed by atoms with Crippen LogP contribution in [-0.4, -0.2) is 28.9 Å². The van der Waals surface area contributed by atoms with Crippen molar-refractivity contribution in [2.24, 2.45) is 0 Å². The summed E-state index contributed by atoms with van der Waals surface area (Å²) in [5.74, 6) is 0. The average molecular weight is 221 g/mol. The molecule has 1 aromatic carbocycles. The number of hydrogen-bond donors (Lipinski definition) is 2. The van der Waals surface area contributed by atoms with Gasteiger partial charge < -0.3 is 15.1 Å². The van der Waals surface area contributed by atoms with Crippen LogP contribution in [0, 0.1) is 0 Å². The molecule has 16 heavy (non-hydrogen) atoms. The predicted molar refractivity (Wildman–Crippen MR) is 64.5 cm³/mol. The number of aliphatic hydroxyl groups excluding tert-OH is 1. The number of aliphatic hydroxyl groups is 2. The molecule has 2 rings (SSSR count). The summed E-state index contributed by atoms with van der Waals surface area (Å²) in [7, 11) is 0. The first kappa shape index (κ1) is 11.4. The zero-order valence-electron chi connectivity index (χ0n) is 9.85. The standard InChI is InChI=1S/C13H19NO2/c1-10(15)11-5-3-4-6-12(11)14-8-7-13(2,16)9-14/h3-6,10,15-16H,7-9H2,1-2H3/t10-,13?/m1/s1. The predicted octanol–water partition coefficient (Wildman–Crippen LogP) is 1.70. The highest BCUT2D eigenvalue weighted by Gasteiger charge is 2.32. The lowest BCUT2D eigenvalue weighted by Gasteiger charge is -2.24. The second-order valence-electron chi connectivity index (χ2n) is 4.90. The molecule has 0 bridgehead atoms. The van der Waals surface area contributed by atoms with E-state index in [0.29, 0.717) is 6.54 Å². The van der Waals surface area contributed by atoms with Gasteiger partial charge >= 0.3 is 0 Å². The van der Waals surface area contributed by atoms with E-state index in [2.05, 4.69) is 4.90 Å². The van der Waals surface area contributed by atoms with Crippen LogP contribution < -0.4 is 4.90 Å². The smallest absolute Gasteiger partial charge is 0.0810 e. The Morgan fingerprint density at radius 3 is 2.62 bits per heavy atom. The maximum Gasteiger partial charge on any atom is 0.0810 e. The van der Waals surface area contributed by atoms with Gasteiger partial charge in [0, 0.05) is 24.3 Å². The van der Waals surface area contributed by atoms with Gasteiger partial charge in [-0.2, -0.15) is 0 Å². The average Bonchev–Trinajstić information content (AvgIpc) is 2.59. The van der Waals surface area contributed by atoms with E-state index in [1.54, 1.807) is 6.92 Å². The molecule has 1 unspecified atom stereocenters. The number of hydrogen-bond acceptors (Lipinski definition) is 3. The SMILES string of the molecule is C[C@@H](O)c1ccccc1N1CCC(C)(O)C1. The second-order valence-corrected chi connectivity index (χ2v) is 4.90. The van der Waals surface area contributed by atoms with Gasteiger partial charge in [-0.1, -0.05) is 18.2 Å². The van der Waals surface area contributed by atoms with Crippen LogP contribution in [0.3, 0.4) is 0 Å². The minimum atomic E-state index is -0.605. The van der Waals surface area contributed by atoms with Crippen LogP contribution in [0.5, 0.6) is 0 Å². The van der Waals surface area contributed by atoms with Gasteiger partial charge in [-0.15, -0.1) is 0 Å². The maximum atomic E-state index is 9.95. The molecule has 88 valence electrons. The largest absolute Gasteiger partial charge is 0.389 e. The topological polar surface area (TPSA) is 43.7 Å². The van der Waals surface area contributed by atoms with Crippen LogP contribution in [0.4, 0.5) is 5.69 Å². The quantitative estimate of drug-likeness (QED) is 0.799. The maximum absolute atomic E-state index is 9.95. The molecule has 1 heterocycles. The molecule has 1 saturated heterocycles. The van der Waals surface area contributed by atoms with Crippen molar-refractivity contribution in [2.75, 3.05) is 18.0 Å². The number of β-amino-alcohol motifs (C(OH)–C–C–N with tert-alkyl or cyclic N) is 1. The summed E-state index contributed by atoms with van der Waals surface area (Å²) in [6.07, 6.45) is 0.308. The van der Waals surface area contributed by atoms with Crippen molar-refractivity contribution < 1.29 is 10.2 Å². The zero-order valence-corrected chi connectivity index (χ0v) is 9.85. The Kier molecular flexibility index (Phi) is 2.91. The van der Waals surface area contributed by atoms with E-state index in [0.717, 1.165) is 24.2 Å². The summed E-state index contributed by atoms with van der Waals surface area (Å²) in [5, 5.41) is 19.7. The fourth-order valence-corrected chi connectivity index (χ4v) is 2.28. The first-order chi connectivity index (χ1) is 7.49. The van der Waals surface area contributed by atoms with E-state index in [9.17, 15) is 10.2 Å². The highest BCUT2D eigenvalue weighted by molar-refractivity contribution is 5.55. The van der Waals surface area contributed by atoms with E-state index in [4.69, 9.17) is 0 Å². The summed E-state index contributed by atoms with van der Waals surface area (Å²) in [6, 6.07) is 7.84. The molecular weight excluding hydrogens is 202 g/mol.